The number of cyclic esters (lactones) is 1. The third-order valence-corrected chi connectivity index (χ3v) is 5.96. The molecule has 1 heterocycles. The number of methoxy groups -OCH3 is 1. The highest BCUT2D eigenvalue weighted by Gasteiger charge is 2.47. The molecule has 2 aliphatic rings. The van der Waals surface area contributed by atoms with Gasteiger partial charge in [-0.3, -0.25) is 9.59 Å². The van der Waals surface area contributed by atoms with Gasteiger partial charge < -0.3 is 14.6 Å². The Labute approximate surface area is 166 Å². The molecular formula is C22H31FO5. The first kappa shape index (κ1) is 22.3. The maximum atomic E-state index is 14.5. The van der Waals surface area contributed by atoms with Crippen molar-refractivity contribution in [2.24, 2.45) is 5.92 Å². The van der Waals surface area contributed by atoms with E-state index in [1.165, 1.54) is 19.3 Å². The topological polar surface area (TPSA) is 72.8 Å². The lowest BCUT2D eigenvalue weighted by atomic mass is 9.76. The quantitative estimate of drug-likeness (QED) is 0.287. The Kier molecular flexibility index (Phi) is 7.98. The number of carbonyl (C=O) groups excluding carboxylic acids is 2. The summed E-state index contributed by atoms with van der Waals surface area (Å²) in [4.78, 5) is 24.2. The second-order valence-electron chi connectivity index (χ2n) is 7.66. The van der Waals surface area contributed by atoms with E-state index < -0.39 is 24.0 Å². The van der Waals surface area contributed by atoms with Crippen molar-refractivity contribution < 1.29 is 28.6 Å². The first-order chi connectivity index (χ1) is 13.3. The molecule has 1 aliphatic heterocycles. The number of ether oxygens (including phenoxy) is 2. The van der Waals surface area contributed by atoms with E-state index in [9.17, 15) is 19.1 Å². The minimum absolute atomic E-state index is 0.0876. The smallest absolute Gasteiger partial charge is 0.313 e. The highest BCUT2D eigenvalue weighted by atomic mass is 19.1. The van der Waals surface area contributed by atoms with Crippen LogP contribution in [-0.4, -0.2) is 36.2 Å². The number of ketones is 1. The lowest BCUT2D eigenvalue weighted by molar-refractivity contribution is -0.178. The van der Waals surface area contributed by atoms with Crippen molar-refractivity contribution in [3.63, 3.8) is 0 Å². The van der Waals surface area contributed by atoms with E-state index in [0.29, 0.717) is 24.2 Å². The van der Waals surface area contributed by atoms with Crippen molar-refractivity contribution >= 4 is 11.8 Å². The molecule has 2 fully saturated rings. The molecule has 1 saturated carbocycles. The molecule has 28 heavy (non-hydrogen) atoms. The zero-order valence-corrected chi connectivity index (χ0v) is 17.1. The number of rotatable bonds is 8. The highest BCUT2D eigenvalue weighted by molar-refractivity contribution is 5.98. The number of hydrogen-bond donors (Lipinski definition) is 1. The summed E-state index contributed by atoms with van der Waals surface area (Å²) in [7, 11) is 1.51. The molecule has 1 unspecified atom stereocenters. The molecule has 0 radical (unpaired) electrons. The third kappa shape index (κ3) is 5.31. The highest BCUT2D eigenvalue weighted by Crippen LogP contribution is 2.44. The van der Waals surface area contributed by atoms with Crippen molar-refractivity contribution in [1.29, 1.82) is 0 Å². The molecule has 1 aliphatic carbocycles. The number of esters is 1. The van der Waals surface area contributed by atoms with Gasteiger partial charge in [-0.15, -0.1) is 0 Å². The van der Waals surface area contributed by atoms with Crippen LogP contribution in [0.5, 0.6) is 0 Å². The van der Waals surface area contributed by atoms with Crippen molar-refractivity contribution in [3.05, 3.63) is 34.9 Å². The second-order valence-corrected chi connectivity index (χ2v) is 7.66. The standard InChI is InChI=1S/C22H31FO5/c1-4-16(14-24)20(23)11-17(15(2)27-3)9-10-22(18-7-5-6-8-18)13-19(25)12-21(26)28-22/h4,11,18,24H,5-10,12-14H2,1-3H3/b16-4-,17-15+,20-11+. The fourth-order valence-corrected chi connectivity index (χ4v) is 4.26. The van der Waals surface area contributed by atoms with Crippen molar-refractivity contribution in [2.45, 2.75) is 70.8 Å². The lowest BCUT2D eigenvalue weighted by Gasteiger charge is -2.41. The average molecular weight is 394 g/mol. The number of Topliss-reactive ketones (excluding diaryl/α,β-unsaturated/α-hetero) is 1. The summed E-state index contributed by atoms with van der Waals surface area (Å²) in [6.45, 7) is 3.01. The van der Waals surface area contributed by atoms with Crippen LogP contribution >= 0.6 is 0 Å². The molecule has 0 aromatic carbocycles. The predicted molar refractivity (Wildman–Crippen MR) is 104 cm³/mol. The summed E-state index contributed by atoms with van der Waals surface area (Å²) < 4.78 is 25.6. The Morgan fingerprint density at radius 2 is 2.04 bits per heavy atom. The Balaban J connectivity index is 2.28. The Hall–Kier alpha value is -1.95. The van der Waals surface area contributed by atoms with E-state index in [0.717, 1.165) is 25.7 Å². The van der Waals surface area contributed by atoms with Crippen molar-refractivity contribution in [1.82, 2.24) is 0 Å². The summed E-state index contributed by atoms with van der Waals surface area (Å²) in [5, 5.41) is 9.29. The molecule has 0 spiro atoms. The molecule has 1 saturated heterocycles. The van der Waals surface area contributed by atoms with Crippen LogP contribution in [0.3, 0.4) is 0 Å². The van der Waals surface area contributed by atoms with Gasteiger partial charge in [-0.05, 0) is 57.1 Å². The Bertz CT molecular complexity index is 667. The van der Waals surface area contributed by atoms with Crippen LogP contribution in [0.1, 0.15) is 65.2 Å². The largest absolute Gasteiger partial charge is 0.501 e. The zero-order chi connectivity index (χ0) is 20.7. The molecule has 0 bridgehead atoms. The summed E-state index contributed by atoms with van der Waals surface area (Å²) in [5.41, 5.74) is 0.0119. The monoisotopic (exact) mass is 394 g/mol. The van der Waals surface area contributed by atoms with Crippen molar-refractivity contribution in [2.75, 3.05) is 13.7 Å². The lowest BCUT2D eigenvalue weighted by Crippen LogP contribution is -2.47. The van der Waals surface area contributed by atoms with Gasteiger partial charge in [-0.1, -0.05) is 18.9 Å². The molecule has 0 aromatic rings. The van der Waals surface area contributed by atoms with Gasteiger partial charge >= 0.3 is 5.97 Å². The number of hydrogen-bond acceptors (Lipinski definition) is 5. The molecule has 0 amide bonds. The van der Waals surface area contributed by atoms with Crippen LogP contribution in [0.25, 0.3) is 0 Å². The van der Waals surface area contributed by atoms with E-state index >= 15 is 0 Å². The van der Waals surface area contributed by atoms with Crippen LogP contribution in [0.2, 0.25) is 0 Å². The molecular weight excluding hydrogens is 363 g/mol. The van der Waals surface area contributed by atoms with Gasteiger partial charge in [-0.25, -0.2) is 4.39 Å². The maximum Gasteiger partial charge on any atom is 0.313 e. The number of aliphatic hydroxyl groups excluding tert-OH is 1. The minimum atomic E-state index is -0.813. The summed E-state index contributed by atoms with van der Waals surface area (Å²) >= 11 is 0. The van der Waals surface area contributed by atoms with E-state index in [-0.39, 0.29) is 30.1 Å². The van der Waals surface area contributed by atoms with E-state index in [4.69, 9.17) is 9.47 Å². The zero-order valence-electron chi connectivity index (χ0n) is 17.1. The summed E-state index contributed by atoms with van der Waals surface area (Å²) in [6, 6.07) is 0. The first-order valence-electron chi connectivity index (χ1n) is 9.96. The van der Waals surface area contributed by atoms with Gasteiger partial charge in [0.15, 0.2) is 0 Å². The van der Waals surface area contributed by atoms with Crippen LogP contribution in [-0.2, 0) is 19.1 Å². The first-order valence-corrected chi connectivity index (χ1v) is 9.96. The van der Waals surface area contributed by atoms with Gasteiger partial charge in [0.05, 0.1) is 19.5 Å². The Morgan fingerprint density at radius 3 is 2.57 bits per heavy atom. The molecule has 1 N–H and O–H groups in total. The van der Waals surface area contributed by atoms with E-state index in [2.05, 4.69) is 0 Å². The molecule has 0 aromatic heterocycles. The number of carbonyl (C=O) groups is 2. The van der Waals surface area contributed by atoms with Crippen LogP contribution in [0.4, 0.5) is 4.39 Å². The molecule has 5 nitrogen and oxygen atoms in total. The van der Waals surface area contributed by atoms with Gasteiger partial charge in [0, 0.05) is 12.0 Å². The van der Waals surface area contributed by atoms with Gasteiger partial charge in [0.25, 0.3) is 0 Å². The molecule has 6 heteroatoms. The van der Waals surface area contributed by atoms with Crippen molar-refractivity contribution in [3.8, 4) is 0 Å². The second kappa shape index (κ2) is 10.0. The normalized spacial score (nSPS) is 25.6. The summed E-state index contributed by atoms with van der Waals surface area (Å²) in [5.74, 6) is -0.366. The van der Waals surface area contributed by atoms with Crippen LogP contribution in [0, 0.1) is 5.92 Å². The third-order valence-electron chi connectivity index (χ3n) is 5.96. The average Bonchev–Trinajstić information content (AvgIpc) is 3.20. The van der Waals surface area contributed by atoms with E-state index in [1.807, 2.05) is 0 Å². The van der Waals surface area contributed by atoms with Gasteiger partial charge in [0.2, 0.25) is 0 Å². The van der Waals surface area contributed by atoms with E-state index in [1.54, 1.807) is 13.8 Å². The predicted octanol–water partition coefficient (Wildman–Crippen LogP) is 4.31. The maximum absolute atomic E-state index is 14.5. The van der Waals surface area contributed by atoms with Gasteiger partial charge in [0.1, 0.15) is 23.6 Å². The molecule has 2 rings (SSSR count). The number of allylic oxidation sites excluding steroid dienone is 4. The fraction of sp³-hybridized carbons (Fsp3) is 0.636. The Morgan fingerprint density at radius 1 is 1.36 bits per heavy atom. The molecule has 156 valence electrons. The fourth-order valence-electron chi connectivity index (χ4n) is 4.26. The van der Waals surface area contributed by atoms with Crippen LogP contribution in [0.15, 0.2) is 34.9 Å². The van der Waals surface area contributed by atoms with Crippen LogP contribution < -0.4 is 0 Å². The summed E-state index contributed by atoms with van der Waals surface area (Å²) in [6.07, 6.45) is 7.79. The molecule has 1 atom stereocenters. The van der Waals surface area contributed by atoms with Gasteiger partial charge in [-0.2, -0.15) is 0 Å². The number of aliphatic hydroxyl groups is 1. The SMILES string of the molecule is C\C=C(CO)/C(F)=C\C(CCC1(C2CCCC2)CC(=O)CC(=O)O1)=C(/C)OC. The number of halogens is 1. The minimum Gasteiger partial charge on any atom is -0.501 e.